The molecule has 4 aromatic carbocycles. The van der Waals surface area contributed by atoms with E-state index in [1.807, 2.05) is 0 Å². The van der Waals surface area contributed by atoms with Crippen LogP contribution in [0.25, 0.3) is 34.4 Å². The van der Waals surface area contributed by atoms with Crippen LogP contribution in [0.5, 0.6) is 0 Å². The topological polar surface area (TPSA) is 0 Å². The molecule has 4 aromatic rings. The summed E-state index contributed by atoms with van der Waals surface area (Å²) < 4.78 is 15.5. The summed E-state index contributed by atoms with van der Waals surface area (Å²) in [5.41, 5.74) is 16.3. The first kappa shape index (κ1) is 29.2. The first-order valence-corrected chi connectivity index (χ1v) is 35.9. The van der Waals surface area contributed by atoms with Gasteiger partial charge in [-0.2, -0.15) is 0 Å². The second kappa shape index (κ2) is 8.60. The van der Waals surface area contributed by atoms with Gasteiger partial charge in [-0.15, -0.1) is 0 Å². The zero-order chi connectivity index (χ0) is 30.2. The van der Waals surface area contributed by atoms with Gasteiger partial charge in [0.25, 0.3) is 0 Å². The molecule has 2 atom stereocenters. The SMILES string of the molecule is [CH2]=[Hf]([CH3])([CH3])([CH3])([CH2]CC)([CH]1C=Cc2c(-c3cc(C)cc(C)c3)cccc21)[CH]1C=Cc2c(-c3cc(C)cc(C)c3)cccc21. The van der Waals surface area contributed by atoms with Crippen LogP contribution < -0.4 is 0 Å². The average Bonchev–Trinajstić information content (AvgIpc) is 3.54. The van der Waals surface area contributed by atoms with Crippen molar-refractivity contribution in [3.8, 4) is 22.3 Å². The van der Waals surface area contributed by atoms with E-state index in [0.717, 1.165) is 10.6 Å². The molecule has 1 heteroatoms. The predicted molar refractivity (Wildman–Crippen MR) is 186 cm³/mol. The van der Waals surface area contributed by atoms with Gasteiger partial charge in [0.1, 0.15) is 0 Å². The van der Waals surface area contributed by atoms with E-state index in [1.165, 1.54) is 66.8 Å². The molecule has 6 rings (SSSR count). The maximum atomic E-state index is 5.67. The third kappa shape index (κ3) is 4.29. The Kier molecular flexibility index (Phi) is 5.97. The number of rotatable bonds is 6. The van der Waals surface area contributed by atoms with Crippen LogP contribution in [0.15, 0.2) is 84.9 Å². The van der Waals surface area contributed by atoms with Crippen molar-refractivity contribution < 1.29 is 15.1 Å². The summed E-state index contributed by atoms with van der Waals surface area (Å²) in [4.78, 5) is 0. The van der Waals surface area contributed by atoms with Crippen LogP contribution >= 0.6 is 0 Å². The van der Waals surface area contributed by atoms with Crippen molar-refractivity contribution in [3.63, 3.8) is 0 Å². The van der Waals surface area contributed by atoms with Crippen LogP contribution in [0.1, 0.15) is 65.2 Å². The molecule has 0 heterocycles. The van der Waals surface area contributed by atoms with Crippen molar-refractivity contribution in [1.82, 2.24) is 0 Å². The Labute approximate surface area is 248 Å². The number of benzene rings is 4. The number of allylic oxidation sites excluding steroid dienone is 2. The fraction of sp³-hybridized carbons (Fsp3) is 0.293. The Morgan fingerprint density at radius 3 is 1.33 bits per heavy atom. The third-order valence-electron chi connectivity index (χ3n) is 11.5. The first-order valence-electron chi connectivity index (χ1n) is 15.9. The van der Waals surface area contributed by atoms with Crippen molar-refractivity contribution in [2.75, 3.05) is 0 Å². The van der Waals surface area contributed by atoms with Gasteiger partial charge in [0.15, 0.2) is 0 Å². The number of fused-ring (bicyclic) bond motifs is 2. The summed E-state index contributed by atoms with van der Waals surface area (Å²) in [6, 6.07) is 27.9. The van der Waals surface area contributed by atoms with Crippen LogP contribution in [0.3, 0.4) is 0 Å². The van der Waals surface area contributed by atoms with Crippen LogP contribution in [0.2, 0.25) is 18.2 Å². The van der Waals surface area contributed by atoms with E-state index in [1.54, 1.807) is 0 Å². The molecule has 0 nitrogen and oxygen atoms in total. The fourth-order valence-corrected chi connectivity index (χ4v) is 42.6. The molecule has 2 aliphatic carbocycles. The Bertz CT molecular complexity index is 1800. The molecule has 42 heavy (non-hydrogen) atoms. The average molecular weight is 719 g/mol. The van der Waals surface area contributed by atoms with Gasteiger partial charge in [-0.1, -0.05) is 0 Å². The summed E-state index contributed by atoms with van der Waals surface area (Å²) in [5, 5.41) is 0. The van der Waals surface area contributed by atoms with Crippen LogP contribution in [0.4, 0.5) is 0 Å². The summed E-state index contributed by atoms with van der Waals surface area (Å²) in [6.07, 6.45) is 11.1. The Balaban J connectivity index is 1.57. The van der Waals surface area contributed by atoms with Gasteiger partial charge in [-0.05, 0) is 0 Å². The molecule has 0 saturated heterocycles. The van der Waals surface area contributed by atoms with E-state index < -0.39 is 15.1 Å². The van der Waals surface area contributed by atoms with Gasteiger partial charge < -0.3 is 0 Å². The molecule has 0 aromatic heterocycles. The molecule has 216 valence electrons. The summed E-state index contributed by atoms with van der Waals surface area (Å²) >= 11 is -5.15. The molecule has 0 spiro atoms. The van der Waals surface area contributed by atoms with Crippen LogP contribution in [0, 0.1) is 27.7 Å². The molecule has 0 amide bonds. The van der Waals surface area contributed by atoms with Crippen molar-refractivity contribution in [2.24, 2.45) is 0 Å². The molecule has 0 fully saturated rings. The molecule has 0 radical (unpaired) electrons. The van der Waals surface area contributed by atoms with Crippen LogP contribution in [-0.2, 0) is 15.1 Å². The van der Waals surface area contributed by atoms with Gasteiger partial charge in [-0.3, -0.25) is 0 Å². The standard InChI is InChI=1S/2C17H15.C3H7.3CH3.CH2.Hf/c2*1-12-9-13(2)11-15(10-12)17-8-4-6-14-5-3-7-16(14)17;1-3-2;;;;;/h2*3-11H,1-2H3;1,3H2,2H3;3*1H3;1H2;. The molecule has 0 aliphatic heterocycles. The molecule has 0 saturated carbocycles. The van der Waals surface area contributed by atoms with E-state index in [9.17, 15) is 0 Å². The number of aryl methyl sites for hydroxylation is 4. The Morgan fingerprint density at radius 1 is 0.595 bits per heavy atom. The van der Waals surface area contributed by atoms with E-state index in [-0.39, 0.29) is 0 Å². The van der Waals surface area contributed by atoms with Gasteiger partial charge in [0, 0.05) is 0 Å². The quantitative estimate of drug-likeness (QED) is 0.174. The van der Waals surface area contributed by atoms with Gasteiger partial charge in [0.2, 0.25) is 0 Å². The predicted octanol–water partition coefficient (Wildman–Crippen LogP) is 12.3. The Hall–Kier alpha value is -2.90. The monoisotopic (exact) mass is 720 g/mol. The molecular formula is C41H48Hf. The summed E-state index contributed by atoms with van der Waals surface area (Å²) in [5.74, 6) is 0. The maximum absolute atomic E-state index is 5.67. The third-order valence-corrected chi connectivity index (χ3v) is 48.0. The zero-order valence-electron chi connectivity index (χ0n) is 27.0. The van der Waals surface area contributed by atoms with Gasteiger partial charge in [-0.25, -0.2) is 0 Å². The number of hydrogen-bond donors (Lipinski definition) is 0. The molecule has 2 unspecified atom stereocenters. The molecule has 2 aliphatic rings. The molecule has 0 N–H and O–H groups in total. The van der Waals surface area contributed by atoms with Crippen molar-refractivity contribution in [2.45, 2.75) is 66.6 Å². The second-order valence-corrected chi connectivity index (χ2v) is 71.0. The van der Waals surface area contributed by atoms with E-state index in [0.29, 0.717) is 7.35 Å². The molecule has 0 bridgehead atoms. The minimum atomic E-state index is -5.15. The zero-order valence-corrected chi connectivity index (χ0v) is 30.6. The van der Waals surface area contributed by atoms with Crippen molar-refractivity contribution >= 4 is 16.4 Å². The van der Waals surface area contributed by atoms with E-state index >= 15 is 0 Å². The van der Waals surface area contributed by atoms with E-state index in [2.05, 4.69) is 146 Å². The normalized spacial score (nSPS) is 20.0. The van der Waals surface area contributed by atoms with Gasteiger partial charge >= 0.3 is 250 Å². The Morgan fingerprint density at radius 2 is 0.976 bits per heavy atom. The van der Waals surface area contributed by atoms with Gasteiger partial charge in [0.05, 0.1) is 0 Å². The number of hydrogen-bond acceptors (Lipinski definition) is 0. The summed E-state index contributed by atoms with van der Waals surface area (Å²) in [6.45, 7) is 11.2. The first-order chi connectivity index (χ1) is 19.6. The van der Waals surface area contributed by atoms with Crippen molar-refractivity contribution in [3.05, 3.63) is 129 Å². The van der Waals surface area contributed by atoms with E-state index in [4.69, 9.17) is 4.26 Å². The molecular weight excluding hydrogens is 671 g/mol. The summed E-state index contributed by atoms with van der Waals surface area (Å²) in [7, 11) is 0. The fourth-order valence-electron chi connectivity index (χ4n) is 9.67. The minimum absolute atomic E-state index is 0.306. The van der Waals surface area contributed by atoms with Crippen molar-refractivity contribution in [1.29, 1.82) is 0 Å². The second-order valence-electron chi connectivity index (χ2n) is 17.4. The van der Waals surface area contributed by atoms with Crippen LogP contribution in [-0.4, -0.2) is 4.26 Å².